The number of likely N-dealkylation sites (tertiary alicyclic amines) is 1. The topological polar surface area (TPSA) is 15.3 Å². The van der Waals surface area contributed by atoms with Crippen LogP contribution in [0.2, 0.25) is 0 Å². The van der Waals surface area contributed by atoms with Crippen molar-refractivity contribution in [2.45, 2.75) is 44.8 Å². The van der Waals surface area contributed by atoms with E-state index in [1.165, 1.54) is 31.5 Å². The van der Waals surface area contributed by atoms with Crippen LogP contribution in [0.5, 0.6) is 0 Å². The summed E-state index contributed by atoms with van der Waals surface area (Å²) in [7, 11) is 0. The molecule has 0 spiro atoms. The van der Waals surface area contributed by atoms with E-state index in [0.29, 0.717) is 12.1 Å². The molecule has 1 aliphatic rings. The zero-order valence-electron chi connectivity index (χ0n) is 11.8. The van der Waals surface area contributed by atoms with E-state index in [9.17, 15) is 0 Å². The molecule has 102 valence electrons. The first-order chi connectivity index (χ1) is 9.28. The van der Waals surface area contributed by atoms with Crippen LogP contribution in [-0.2, 0) is 6.54 Å². The second kappa shape index (κ2) is 7.33. The number of piperidine rings is 1. The molecule has 2 rings (SSSR count). The number of hydrogen-bond donors (Lipinski definition) is 1. The van der Waals surface area contributed by atoms with Crippen molar-refractivity contribution >= 4 is 0 Å². The molecule has 1 aromatic rings. The van der Waals surface area contributed by atoms with E-state index in [0.717, 1.165) is 13.0 Å². The largest absolute Gasteiger partial charge is 0.310 e. The Balaban J connectivity index is 1.72. The first-order valence-corrected chi connectivity index (χ1v) is 7.23. The number of nitrogens with one attached hydrogen (secondary N) is 1. The van der Waals surface area contributed by atoms with E-state index in [1.54, 1.807) is 0 Å². The van der Waals surface area contributed by atoms with Gasteiger partial charge < -0.3 is 5.32 Å². The van der Waals surface area contributed by atoms with Crippen LogP contribution in [0.1, 0.15) is 31.7 Å². The third-order valence-corrected chi connectivity index (χ3v) is 3.78. The smallest absolute Gasteiger partial charge is 0.0238 e. The molecule has 0 radical (unpaired) electrons. The lowest BCUT2D eigenvalue weighted by atomic mass is 10.0. The van der Waals surface area contributed by atoms with Gasteiger partial charge in [0, 0.05) is 25.0 Å². The molecule has 0 aromatic heterocycles. The molecule has 19 heavy (non-hydrogen) atoms. The molecule has 1 atom stereocenters. The molecule has 0 aliphatic carbocycles. The molecule has 1 aromatic carbocycles. The van der Waals surface area contributed by atoms with Crippen LogP contribution in [0.15, 0.2) is 30.3 Å². The monoisotopic (exact) mass is 256 g/mol. The Kier molecular flexibility index (Phi) is 5.44. The third-order valence-electron chi connectivity index (χ3n) is 3.78. The highest BCUT2D eigenvalue weighted by molar-refractivity contribution is 5.14. The fourth-order valence-electron chi connectivity index (χ4n) is 2.74. The zero-order chi connectivity index (χ0) is 13.5. The summed E-state index contributed by atoms with van der Waals surface area (Å²) in [6.45, 7) is 5.61. The zero-order valence-corrected chi connectivity index (χ0v) is 11.8. The van der Waals surface area contributed by atoms with Gasteiger partial charge in [-0.1, -0.05) is 30.3 Å². The van der Waals surface area contributed by atoms with Crippen molar-refractivity contribution in [3.63, 3.8) is 0 Å². The van der Waals surface area contributed by atoms with E-state index in [-0.39, 0.29) is 0 Å². The van der Waals surface area contributed by atoms with Crippen LogP contribution in [0, 0.1) is 12.3 Å². The Hall–Kier alpha value is -1.30. The van der Waals surface area contributed by atoms with Crippen molar-refractivity contribution in [3.8, 4) is 12.3 Å². The SMILES string of the molecule is C#CCC(C)NC1CCN(Cc2ccccc2)CC1. The van der Waals surface area contributed by atoms with Gasteiger partial charge in [-0.25, -0.2) is 0 Å². The second-order valence-corrected chi connectivity index (χ2v) is 5.51. The van der Waals surface area contributed by atoms with Gasteiger partial charge in [0.2, 0.25) is 0 Å². The lowest BCUT2D eigenvalue weighted by molar-refractivity contribution is 0.185. The molecule has 1 saturated heterocycles. The molecule has 0 saturated carbocycles. The Morgan fingerprint density at radius 3 is 2.63 bits per heavy atom. The Morgan fingerprint density at radius 1 is 1.32 bits per heavy atom. The molecule has 1 unspecified atom stereocenters. The van der Waals surface area contributed by atoms with Gasteiger partial charge >= 0.3 is 0 Å². The second-order valence-electron chi connectivity index (χ2n) is 5.51. The summed E-state index contributed by atoms with van der Waals surface area (Å²) >= 11 is 0. The predicted octanol–water partition coefficient (Wildman–Crippen LogP) is 2.65. The molecule has 1 N–H and O–H groups in total. The van der Waals surface area contributed by atoms with E-state index in [4.69, 9.17) is 6.42 Å². The van der Waals surface area contributed by atoms with Gasteiger partial charge in [0.25, 0.3) is 0 Å². The van der Waals surface area contributed by atoms with Crippen molar-refractivity contribution in [1.82, 2.24) is 10.2 Å². The number of nitrogens with zero attached hydrogens (tertiary/aromatic N) is 1. The van der Waals surface area contributed by atoms with Gasteiger partial charge in [-0.05, 0) is 38.4 Å². The maximum Gasteiger partial charge on any atom is 0.0238 e. The minimum atomic E-state index is 0.440. The van der Waals surface area contributed by atoms with Gasteiger partial charge in [0.15, 0.2) is 0 Å². The van der Waals surface area contributed by atoms with Crippen molar-refractivity contribution in [1.29, 1.82) is 0 Å². The number of rotatable bonds is 5. The van der Waals surface area contributed by atoms with Gasteiger partial charge in [0.05, 0.1) is 0 Å². The summed E-state index contributed by atoms with van der Waals surface area (Å²) in [4.78, 5) is 2.54. The lowest BCUT2D eigenvalue weighted by Crippen LogP contribution is -2.45. The highest BCUT2D eigenvalue weighted by atomic mass is 15.1. The number of hydrogen-bond acceptors (Lipinski definition) is 2. The summed E-state index contributed by atoms with van der Waals surface area (Å²) in [5.74, 6) is 2.73. The van der Waals surface area contributed by atoms with Gasteiger partial charge in [-0.15, -0.1) is 12.3 Å². The molecule has 1 heterocycles. The molecular weight excluding hydrogens is 232 g/mol. The molecular formula is C17H24N2. The van der Waals surface area contributed by atoms with Crippen LogP contribution < -0.4 is 5.32 Å². The molecule has 1 aliphatic heterocycles. The molecule has 0 amide bonds. The summed E-state index contributed by atoms with van der Waals surface area (Å²) < 4.78 is 0. The fraction of sp³-hybridized carbons (Fsp3) is 0.529. The minimum absolute atomic E-state index is 0.440. The maximum absolute atomic E-state index is 5.34. The Morgan fingerprint density at radius 2 is 2.00 bits per heavy atom. The fourth-order valence-corrected chi connectivity index (χ4v) is 2.74. The summed E-state index contributed by atoms with van der Waals surface area (Å²) in [6.07, 6.45) is 8.62. The van der Waals surface area contributed by atoms with Crippen LogP contribution >= 0.6 is 0 Å². The quantitative estimate of drug-likeness (QED) is 0.815. The van der Waals surface area contributed by atoms with Crippen molar-refractivity contribution in [2.24, 2.45) is 0 Å². The van der Waals surface area contributed by atoms with Crippen LogP contribution in [0.4, 0.5) is 0 Å². The lowest BCUT2D eigenvalue weighted by Gasteiger charge is -2.33. The van der Waals surface area contributed by atoms with Gasteiger partial charge in [-0.3, -0.25) is 4.90 Å². The van der Waals surface area contributed by atoms with Crippen molar-refractivity contribution in [2.75, 3.05) is 13.1 Å². The summed E-state index contributed by atoms with van der Waals surface area (Å²) in [5.41, 5.74) is 1.41. The average molecular weight is 256 g/mol. The molecule has 2 nitrogen and oxygen atoms in total. The first kappa shape index (κ1) is 14.1. The van der Waals surface area contributed by atoms with Crippen LogP contribution in [-0.4, -0.2) is 30.1 Å². The molecule has 0 bridgehead atoms. The van der Waals surface area contributed by atoms with E-state index in [1.807, 2.05) is 0 Å². The first-order valence-electron chi connectivity index (χ1n) is 7.23. The Bertz CT molecular complexity index is 399. The Labute approximate surface area is 117 Å². The summed E-state index contributed by atoms with van der Waals surface area (Å²) in [5, 5.41) is 3.63. The predicted molar refractivity (Wildman–Crippen MR) is 80.8 cm³/mol. The highest BCUT2D eigenvalue weighted by Crippen LogP contribution is 2.14. The van der Waals surface area contributed by atoms with E-state index >= 15 is 0 Å². The maximum atomic E-state index is 5.34. The van der Waals surface area contributed by atoms with Gasteiger partial charge in [-0.2, -0.15) is 0 Å². The van der Waals surface area contributed by atoms with Crippen molar-refractivity contribution in [3.05, 3.63) is 35.9 Å². The van der Waals surface area contributed by atoms with Gasteiger partial charge in [0.1, 0.15) is 0 Å². The van der Waals surface area contributed by atoms with E-state index in [2.05, 4.69) is 53.4 Å². The number of terminal acetylenes is 1. The average Bonchev–Trinajstić information content (AvgIpc) is 2.42. The van der Waals surface area contributed by atoms with Crippen LogP contribution in [0.25, 0.3) is 0 Å². The number of benzene rings is 1. The molecule has 2 heteroatoms. The third kappa shape index (κ3) is 4.70. The summed E-state index contributed by atoms with van der Waals surface area (Å²) in [6, 6.07) is 11.8. The van der Waals surface area contributed by atoms with Crippen LogP contribution in [0.3, 0.4) is 0 Å². The highest BCUT2D eigenvalue weighted by Gasteiger charge is 2.19. The minimum Gasteiger partial charge on any atom is -0.310 e. The van der Waals surface area contributed by atoms with Crippen molar-refractivity contribution < 1.29 is 0 Å². The normalized spacial score (nSPS) is 18.9. The van der Waals surface area contributed by atoms with E-state index < -0.39 is 0 Å². The molecule has 1 fully saturated rings. The standard InChI is InChI=1S/C17H24N2/c1-3-7-15(2)18-17-10-12-19(13-11-17)14-16-8-5-4-6-9-16/h1,4-6,8-9,15,17-18H,7,10-14H2,2H3.